The number of carbonyl (C=O) groups excluding carboxylic acids is 2. The molecule has 1 aliphatic heterocycles. The first-order chi connectivity index (χ1) is 15.6. The zero-order valence-corrected chi connectivity index (χ0v) is 18.7. The highest BCUT2D eigenvalue weighted by atomic mass is 19.1. The van der Waals surface area contributed by atoms with E-state index in [0.29, 0.717) is 44.9 Å². The van der Waals surface area contributed by atoms with E-state index in [1.165, 1.54) is 24.3 Å². The van der Waals surface area contributed by atoms with E-state index < -0.39 is 0 Å². The lowest BCUT2D eigenvalue weighted by Crippen LogP contribution is -2.40. The topological polar surface area (TPSA) is 61.9 Å². The van der Waals surface area contributed by atoms with E-state index in [-0.39, 0.29) is 17.6 Å². The summed E-state index contributed by atoms with van der Waals surface area (Å²) in [5.41, 5.74) is 2.63. The molecular weight excluding hydrogens is 409 g/mol. The fourth-order valence-electron chi connectivity index (χ4n) is 3.76. The van der Waals surface area contributed by atoms with E-state index in [4.69, 9.17) is 4.74 Å². The number of nitrogens with one attached hydrogen (secondary N) is 1. The van der Waals surface area contributed by atoms with Crippen LogP contribution in [0.5, 0.6) is 0 Å². The van der Waals surface area contributed by atoms with Gasteiger partial charge in [-0.25, -0.2) is 4.39 Å². The summed E-state index contributed by atoms with van der Waals surface area (Å²) in [7, 11) is 0. The molecule has 1 heterocycles. The van der Waals surface area contributed by atoms with Crippen molar-refractivity contribution in [2.75, 3.05) is 39.3 Å². The lowest BCUT2D eigenvalue weighted by Gasteiger charge is -2.22. The summed E-state index contributed by atoms with van der Waals surface area (Å²) in [5, 5.41) is 3.01. The number of nitrogens with zero attached hydrogens (tertiary/aromatic N) is 2. The summed E-state index contributed by atoms with van der Waals surface area (Å²) < 4.78 is 18.8. The van der Waals surface area contributed by atoms with Crippen LogP contribution in [0.3, 0.4) is 0 Å². The van der Waals surface area contributed by atoms with Crippen molar-refractivity contribution in [1.29, 1.82) is 0 Å². The Bertz CT molecular complexity index is 888. The van der Waals surface area contributed by atoms with Gasteiger partial charge in [0.05, 0.1) is 13.2 Å². The molecule has 0 aliphatic carbocycles. The van der Waals surface area contributed by atoms with Crippen LogP contribution in [-0.4, -0.2) is 60.9 Å². The van der Waals surface area contributed by atoms with Gasteiger partial charge in [-0.05, 0) is 48.2 Å². The van der Waals surface area contributed by atoms with Gasteiger partial charge in [-0.2, -0.15) is 0 Å². The Morgan fingerprint density at radius 3 is 2.50 bits per heavy atom. The Kier molecular flexibility index (Phi) is 9.19. The number of carbonyl (C=O) groups is 2. The Hall–Kier alpha value is -2.77. The lowest BCUT2D eigenvalue weighted by molar-refractivity contribution is -0.122. The predicted octanol–water partition coefficient (Wildman–Crippen LogP) is 3.22. The SMILES string of the molecule is CCCOCc1ccccc1CNC(=O)CN1CCCN(C(=O)c2ccc(F)cc2)CC1. The van der Waals surface area contributed by atoms with Gasteiger partial charge >= 0.3 is 0 Å². The van der Waals surface area contributed by atoms with Gasteiger partial charge in [-0.1, -0.05) is 31.2 Å². The van der Waals surface area contributed by atoms with E-state index in [0.717, 1.165) is 37.1 Å². The summed E-state index contributed by atoms with van der Waals surface area (Å²) in [6.07, 6.45) is 1.76. The highest BCUT2D eigenvalue weighted by Gasteiger charge is 2.21. The molecule has 0 aromatic heterocycles. The minimum absolute atomic E-state index is 0.0346. The van der Waals surface area contributed by atoms with Gasteiger partial charge in [0.1, 0.15) is 5.82 Å². The van der Waals surface area contributed by atoms with Crippen molar-refractivity contribution in [2.45, 2.75) is 32.9 Å². The van der Waals surface area contributed by atoms with Crippen molar-refractivity contribution in [1.82, 2.24) is 15.1 Å². The van der Waals surface area contributed by atoms with Crippen molar-refractivity contribution in [3.8, 4) is 0 Å². The lowest BCUT2D eigenvalue weighted by atomic mass is 10.1. The molecule has 0 radical (unpaired) electrons. The molecule has 0 bridgehead atoms. The second kappa shape index (κ2) is 12.3. The van der Waals surface area contributed by atoms with Crippen LogP contribution >= 0.6 is 0 Å². The highest BCUT2D eigenvalue weighted by Crippen LogP contribution is 2.12. The van der Waals surface area contributed by atoms with E-state index in [1.54, 1.807) is 4.90 Å². The molecule has 1 fully saturated rings. The van der Waals surface area contributed by atoms with Crippen molar-refractivity contribution >= 4 is 11.8 Å². The van der Waals surface area contributed by atoms with Crippen LogP contribution in [0.4, 0.5) is 4.39 Å². The molecule has 3 rings (SSSR count). The molecule has 1 N–H and O–H groups in total. The first-order valence-electron chi connectivity index (χ1n) is 11.2. The maximum absolute atomic E-state index is 13.1. The monoisotopic (exact) mass is 441 g/mol. The van der Waals surface area contributed by atoms with Crippen molar-refractivity contribution in [3.63, 3.8) is 0 Å². The summed E-state index contributed by atoms with van der Waals surface area (Å²) >= 11 is 0. The standard InChI is InChI=1S/C25H32FN3O3/c1-2-16-32-19-22-7-4-3-6-21(22)17-27-24(30)18-28-12-5-13-29(15-14-28)25(31)20-8-10-23(26)11-9-20/h3-4,6-11H,2,5,12-19H2,1H3,(H,27,30). The number of halogens is 1. The van der Waals surface area contributed by atoms with Gasteiger partial charge in [0.25, 0.3) is 5.91 Å². The van der Waals surface area contributed by atoms with E-state index >= 15 is 0 Å². The van der Waals surface area contributed by atoms with Crippen LogP contribution in [-0.2, 0) is 22.7 Å². The zero-order valence-electron chi connectivity index (χ0n) is 18.7. The number of amides is 2. The second-order valence-corrected chi connectivity index (χ2v) is 8.03. The average Bonchev–Trinajstić information content (AvgIpc) is 3.04. The van der Waals surface area contributed by atoms with E-state index in [1.807, 2.05) is 24.3 Å². The molecule has 2 amide bonds. The smallest absolute Gasteiger partial charge is 0.253 e. The molecule has 0 unspecified atom stereocenters. The summed E-state index contributed by atoms with van der Waals surface area (Å²) in [6.45, 7) is 6.65. The summed E-state index contributed by atoms with van der Waals surface area (Å²) in [6, 6.07) is 13.6. The fraction of sp³-hybridized carbons (Fsp3) is 0.440. The molecule has 172 valence electrons. The molecule has 7 heteroatoms. The van der Waals surface area contributed by atoms with Gasteiger partial charge in [0.2, 0.25) is 5.91 Å². The molecule has 32 heavy (non-hydrogen) atoms. The molecule has 0 atom stereocenters. The molecule has 1 saturated heterocycles. The Balaban J connectivity index is 1.46. The minimum atomic E-state index is -0.356. The van der Waals surface area contributed by atoms with Crippen LogP contribution in [0.25, 0.3) is 0 Å². The number of hydrogen-bond acceptors (Lipinski definition) is 4. The van der Waals surface area contributed by atoms with Crippen LogP contribution in [0, 0.1) is 5.82 Å². The number of rotatable bonds is 9. The van der Waals surface area contributed by atoms with Crippen molar-refractivity contribution < 1.29 is 18.7 Å². The largest absolute Gasteiger partial charge is 0.377 e. The number of ether oxygens (including phenoxy) is 1. The first kappa shape index (κ1) is 23.9. The molecule has 6 nitrogen and oxygen atoms in total. The third kappa shape index (κ3) is 7.14. The Morgan fingerprint density at radius 1 is 1.00 bits per heavy atom. The maximum Gasteiger partial charge on any atom is 0.253 e. The highest BCUT2D eigenvalue weighted by molar-refractivity contribution is 5.94. The van der Waals surface area contributed by atoms with Gasteiger partial charge in [-0.15, -0.1) is 0 Å². The molecule has 2 aromatic carbocycles. The fourth-order valence-corrected chi connectivity index (χ4v) is 3.76. The third-order valence-corrected chi connectivity index (χ3v) is 5.53. The summed E-state index contributed by atoms with van der Waals surface area (Å²) in [5.74, 6) is -0.489. The zero-order chi connectivity index (χ0) is 22.8. The van der Waals surface area contributed by atoms with Gasteiger partial charge in [0.15, 0.2) is 0 Å². The van der Waals surface area contributed by atoms with Gasteiger partial charge in [0, 0.05) is 44.9 Å². The first-order valence-corrected chi connectivity index (χ1v) is 11.2. The third-order valence-electron chi connectivity index (χ3n) is 5.53. The van der Waals surface area contributed by atoms with E-state index in [2.05, 4.69) is 17.1 Å². The van der Waals surface area contributed by atoms with Crippen LogP contribution in [0.1, 0.15) is 41.3 Å². The number of hydrogen-bond donors (Lipinski definition) is 1. The molecule has 0 spiro atoms. The second-order valence-electron chi connectivity index (χ2n) is 8.03. The molecule has 0 saturated carbocycles. The Labute approximate surface area is 189 Å². The average molecular weight is 442 g/mol. The van der Waals surface area contributed by atoms with Crippen LogP contribution in [0.15, 0.2) is 48.5 Å². The summed E-state index contributed by atoms with van der Waals surface area (Å²) in [4.78, 5) is 29.1. The van der Waals surface area contributed by atoms with Crippen molar-refractivity contribution in [3.05, 3.63) is 71.0 Å². The van der Waals surface area contributed by atoms with E-state index in [9.17, 15) is 14.0 Å². The van der Waals surface area contributed by atoms with Crippen LogP contribution in [0.2, 0.25) is 0 Å². The van der Waals surface area contributed by atoms with Gasteiger partial charge in [-0.3, -0.25) is 14.5 Å². The van der Waals surface area contributed by atoms with Crippen molar-refractivity contribution in [2.24, 2.45) is 0 Å². The normalized spacial score (nSPS) is 14.8. The quantitative estimate of drug-likeness (QED) is 0.607. The molecule has 2 aromatic rings. The molecular formula is C25H32FN3O3. The molecule has 1 aliphatic rings. The Morgan fingerprint density at radius 2 is 1.75 bits per heavy atom. The maximum atomic E-state index is 13.1. The van der Waals surface area contributed by atoms with Crippen LogP contribution < -0.4 is 5.32 Å². The predicted molar refractivity (Wildman–Crippen MR) is 122 cm³/mol. The minimum Gasteiger partial charge on any atom is -0.377 e. The number of benzene rings is 2. The van der Waals surface area contributed by atoms with Gasteiger partial charge < -0.3 is 15.0 Å².